The molecule has 1 amide bonds. The number of amides is 1. The Balaban J connectivity index is 1.34. The fraction of sp³-hybridized carbons (Fsp3) is 0.385. The van der Waals surface area contributed by atoms with Gasteiger partial charge in [-0.2, -0.15) is 9.40 Å². The third-order valence-electron chi connectivity index (χ3n) is 6.37. The number of benzene rings is 2. The molecule has 1 heterocycles. The average Bonchev–Trinajstić information content (AvgIpc) is 3.46. The molecule has 7 nitrogen and oxygen atoms in total. The number of aromatic nitrogens is 2. The monoisotopic (exact) mass is 480 g/mol. The summed E-state index contributed by atoms with van der Waals surface area (Å²) in [6.07, 6.45) is 4.00. The van der Waals surface area contributed by atoms with Gasteiger partial charge < -0.3 is 5.32 Å². The second-order valence-corrected chi connectivity index (χ2v) is 10.4. The Hall–Kier alpha value is -2.97. The molecule has 0 aliphatic heterocycles. The molecule has 0 unspecified atom stereocenters. The lowest BCUT2D eigenvalue weighted by Crippen LogP contribution is -2.30. The first-order chi connectivity index (χ1) is 16.4. The van der Waals surface area contributed by atoms with Gasteiger partial charge in [-0.1, -0.05) is 44.2 Å². The highest BCUT2D eigenvalue weighted by Crippen LogP contribution is 2.27. The topological polar surface area (TPSA) is 84.3 Å². The molecule has 0 bridgehead atoms. The van der Waals surface area contributed by atoms with Gasteiger partial charge in [-0.25, -0.2) is 13.1 Å². The summed E-state index contributed by atoms with van der Waals surface area (Å²) in [6, 6.07) is 16.9. The number of hydrogen-bond donors (Lipinski definition) is 1. The summed E-state index contributed by atoms with van der Waals surface area (Å²) in [5, 5.41) is 7.81. The van der Waals surface area contributed by atoms with Crippen molar-refractivity contribution in [2.24, 2.45) is 0 Å². The zero-order chi connectivity index (χ0) is 24.1. The van der Waals surface area contributed by atoms with Crippen LogP contribution in [0.4, 0.5) is 0 Å². The van der Waals surface area contributed by atoms with Crippen LogP contribution in [0.5, 0.6) is 0 Å². The first-order valence-corrected chi connectivity index (χ1v) is 13.4. The van der Waals surface area contributed by atoms with Gasteiger partial charge >= 0.3 is 0 Å². The maximum Gasteiger partial charge on any atom is 0.243 e. The molecule has 2 aromatic carbocycles. The third-order valence-corrected chi connectivity index (χ3v) is 8.44. The number of sulfonamides is 1. The van der Waals surface area contributed by atoms with Gasteiger partial charge in [0, 0.05) is 25.2 Å². The molecule has 1 aliphatic rings. The number of carbonyl (C=O) groups excluding carboxylic acids is 1. The van der Waals surface area contributed by atoms with Crippen LogP contribution in [-0.4, -0.2) is 41.5 Å². The second-order valence-electron chi connectivity index (χ2n) is 8.48. The average molecular weight is 481 g/mol. The first-order valence-electron chi connectivity index (χ1n) is 11.9. The van der Waals surface area contributed by atoms with Gasteiger partial charge in [0.15, 0.2) is 0 Å². The van der Waals surface area contributed by atoms with Crippen molar-refractivity contribution in [2.75, 3.05) is 13.1 Å². The number of nitrogens with one attached hydrogen (secondary N) is 1. The van der Waals surface area contributed by atoms with Gasteiger partial charge in [-0.15, -0.1) is 0 Å². The smallest absolute Gasteiger partial charge is 0.243 e. The molecule has 8 heteroatoms. The molecule has 0 radical (unpaired) electrons. The lowest BCUT2D eigenvalue weighted by Gasteiger charge is -2.18. The van der Waals surface area contributed by atoms with Gasteiger partial charge in [0.2, 0.25) is 15.9 Å². The van der Waals surface area contributed by atoms with E-state index in [4.69, 9.17) is 5.10 Å². The molecular weight excluding hydrogens is 448 g/mol. The van der Waals surface area contributed by atoms with Crippen LogP contribution in [0.25, 0.3) is 5.69 Å². The molecule has 180 valence electrons. The molecular formula is C26H32N4O3S. The van der Waals surface area contributed by atoms with Crippen molar-refractivity contribution in [3.63, 3.8) is 0 Å². The summed E-state index contributed by atoms with van der Waals surface area (Å²) in [5.74, 6) is -0.0409. The highest BCUT2D eigenvalue weighted by atomic mass is 32.2. The van der Waals surface area contributed by atoms with E-state index in [1.165, 1.54) is 15.6 Å². The summed E-state index contributed by atoms with van der Waals surface area (Å²) in [5.41, 5.74) is 5.42. The Morgan fingerprint density at radius 1 is 1.03 bits per heavy atom. The molecule has 34 heavy (non-hydrogen) atoms. The lowest BCUT2D eigenvalue weighted by atomic mass is 10.1. The maximum absolute atomic E-state index is 12.6. The predicted octanol–water partition coefficient (Wildman–Crippen LogP) is 3.64. The molecule has 0 fully saturated rings. The summed E-state index contributed by atoms with van der Waals surface area (Å²) in [6.45, 7) is 4.95. The fourth-order valence-electron chi connectivity index (χ4n) is 4.51. The number of aryl methyl sites for hydroxylation is 1. The number of fused-ring (bicyclic) bond motifs is 1. The number of rotatable bonds is 10. The van der Waals surface area contributed by atoms with E-state index in [0.29, 0.717) is 32.5 Å². The van der Waals surface area contributed by atoms with Gasteiger partial charge in [0.05, 0.1) is 22.8 Å². The van der Waals surface area contributed by atoms with Crippen LogP contribution in [-0.2, 0) is 40.6 Å². The predicted molar refractivity (Wildman–Crippen MR) is 132 cm³/mol. The Labute approximate surface area is 201 Å². The van der Waals surface area contributed by atoms with Crippen LogP contribution >= 0.6 is 0 Å². The van der Waals surface area contributed by atoms with Crippen molar-refractivity contribution in [2.45, 2.75) is 57.4 Å². The van der Waals surface area contributed by atoms with Gasteiger partial charge in [-0.05, 0) is 61.1 Å². The second kappa shape index (κ2) is 10.5. The highest BCUT2D eigenvalue weighted by molar-refractivity contribution is 7.89. The molecule has 4 rings (SSSR count). The van der Waals surface area contributed by atoms with Crippen LogP contribution in [0, 0.1) is 0 Å². The van der Waals surface area contributed by atoms with Gasteiger partial charge in [0.25, 0.3) is 0 Å². The fourth-order valence-corrected chi connectivity index (χ4v) is 5.97. The van der Waals surface area contributed by atoms with Crippen LogP contribution in [0.15, 0.2) is 59.5 Å². The molecule has 1 N–H and O–H groups in total. The summed E-state index contributed by atoms with van der Waals surface area (Å²) >= 11 is 0. The summed E-state index contributed by atoms with van der Waals surface area (Å²) in [4.78, 5) is 12.8. The van der Waals surface area contributed by atoms with Gasteiger partial charge in [-0.3, -0.25) is 4.79 Å². The first kappa shape index (κ1) is 24.2. The highest BCUT2D eigenvalue weighted by Gasteiger charge is 2.23. The molecule has 3 aromatic rings. The Bertz CT molecular complexity index is 1230. The van der Waals surface area contributed by atoms with Crippen molar-refractivity contribution in [3.8, 4) is 5.69 Å². The number of hydrogen-bond acceptors (Lipinski definition) is 4. The van der Waals surface area contributed by atoms with E-state index in [0.717, 1.165) is 36.2 Å². The zero-order valence-electron chi connectivity index (χ0n) is 19.8. The van der Waals surface area contributed by atoms with E-state index < -0.39 is 10.0 Å². The molecule has 0 saturated carbocycles. The van der Waals surface area contributed by atoms with Crippen molar-refractivity contribution in [1.29, 1.82) is 0 Å². The van der Waals surface area contributed by atoms with E-state index in [-0.39, 0.29) is 10.8 Å². The van der Waals surface area contributed by atoms with Crippen molar-refractivity contribution in [3.05, 3.63) is 77.1 Å². The number of para-hydroxylation sites is 1. The molecule has 0 saturated heterocycles. The van der Waals surface area contributed by atoms with E-state index in [1.54, 1.807) is 24.3 Å². The molecule has 1 aliphatic carbocycles. The van der Waals surface area contributed by atoms with Crippen molar-refractivity contribution in [1.82, 2.24) is 19.4 Å². The molecule has 0 atom stereocenters. The standard InChI is InChI=1S/C26H32N4O3S/c1-3-29(4-2)34(32,33)22-16-13-20(14-17-22)15-18-26(31)27-19-24-23-11-8-12-25(23)30(28-24)21-9-6-5-7-10-21/h5-7,9-10,13-14,16-17H,3-4,8,11-12,15,18-19H2,1-2H3,(H,27,31). The normalized spacial score (nSPS) is 13.3. The SMILES string of the molecule is CCN(CC)S(=O)(=O)c1ccc(CCC(=O)NCc2nn(-c3ccccc3)c3c2CCC3)cc1. The van der Waals surface area contributed by atoms with Crippen molar-refractivity contribution >= 4 is 15.9 Å². The number of carbonyl (C=O) groups is 1. The van der Waals surface area contributed by atoms with E-state index in [9.17, 15) is 13.2 Å². The third kappa shape index (κ3) is 5.08. The van der Waals surface area contributed by atoms with E-state index >= 15 is 0 Å². The maximum atomic E-state index is 12.6. The Morgan fingerprint density at radius 2 is 1.74 bits per heavy atom. The Kier molecular flexibility index (Phi) is 7.48. The minimum absolute atomic E-state index is 0.0409. The minimum Gasteiger partial charge on any atom is -0.350 e. The van der Waals surface area contributed by atoms with E-state index in [1.807, 2.05) is 48.9 Å². The summed E-state index contributed by atoms with van der Waals surface area (Å²) in [7, 11) is -3.47. The zero-order valence-corrected chi connectivity index (χ0v) is 20.6. The van der Waals surface area contributed by atoms with Crippen molar-refractivity contribution < 1.29 is 13.2 Å². The lowest BCUT2D eigenvalue weighted by molar-refractivity contribution is -0.121. The quantitative estimate of drug-likeness (QED) is 0.480. The van der Waals surface area contributed by atoms with Crippen LogP contribution in [0.2, 0.25) is 0 Å². The number of nitrogens with zero attached hydrogens (tertiary/aromatic N) is 3. The van der Waals surface area contributed by atoms with Crippen LogP contribution in [0.3, 0.4) is 0 Å². The molecule has 1 aromatic heterocycles. The largest absolute Gasteiger partial charge is 0.350 e. The van der Waals surface area contributed by atoms with E-state index in [2.05, 4.69) is 5.32 Å². The molecule has 0 spiro atoms. The minimum atomic E-state index is -3.47. The Morgan fingerprint density at radius 3 is 2.41 bits per heavy atom. The van der Waals surface area contributed by atoms with Crippen LogP contribution in [0.1, 0.15) is 49.2 Å². The summed E-state index contributed by atoms with van der Waals surface area (Å²) < 4.78 is 28.7. The van der Waals surface area contributed by atoms with Crippen LogP contribution < -0.4 is 5.32 Å². The van der Waals surface area contributed by atoms with Gasteiger partial charge in [0.1, 0.15) is 0 Å².